The van der Waals surface area contributed by atoms with Crippen molar-refractivity contribution in [2.75, 3.05) is 19.7 Å². The lowest BCUT2D eigenvalue weighted by Crippen LogP contribution is -2.27. The van der Waals surface area contributed by atoms with Crippen LogP contribution in [0.4, 0.5) is 13.2 Å². The molecule has 0 saturated carbocycles. The minimum Gasteiger partial charge on any atom is -0.389 e. The molecule has 3 nitrogen and oxygen atoms in total. The van der Waals surface area contributed by atoms with Crippen LogP contribution in [0.15, 0.2) is 0 Å². The van der Waals surface area contributed by atoms with Crippen LogP contribution in [0.25, 0.3) is 0 Å². The number of aliphatic hydroxyl groups is 1. The zero-order chi connectivity index (χ0) is 10.6. The molecule has 2 N–H and O–H groups in total. The third-order valence-electron chi connectivity index (χ3n) is 2.06. The number of aliphatic hydroxyl groups excluding tert-OH is 1. The maximum atomic E-state index is 11.7. The summed E-state index contributed by atoms with van der Waals surface area (Å²) < 4.78 is 40.2. The van der Waals surface area contributed by atoms with Gasteiger partial charge in [0.25, 0.3) is 0 Å². The number of hydrogen-bond acceptors (Lipinski definition) is 3. The summed E-state index contributed by atoms with van der Waals surface area (Å²) in [5.41, 5.74) is 0. The van der Waals surface area contributed by atoms with Gasteiger partial charge in [-0.25, -0.2) is 0 Å². The summed E-state index contributed by atoms with van der Waals surface area (Å²) in [6.45, 7) is 1.00. The molecule has 1 heterocycles. The van der Waals surface area contributed by atoms with Crippen molar-refractivity contribution in [2.24, 2.45) is 0 Å². The van der Waals surface area contributed by atoms with Gasteiger partial charge in [0.15, 0.2) is 0 Å². The lowest BCUT2D eigenvalue weighted by atomic mass is 10.2. The maximum absolute atomic E-state index is 11.7. The van der Waals surface area contributed by atoms with Gasteiger partial charge in [0.2, 0.25) is 0 Å². The first-order valence-electron chi connectivity index (χ1n) is 4.56. The van der Waals surface area contributed by atoms with Crippen LogP contribution in [0.3, 0.4) is 0 Å². The molecule has 1 saturated heterocycles. The minimum atomic E-state index is -4.12. The Labute approximate surface area is 80.2 Å². The minimum absolute atomic E-state index is 0.0446. The summed E-state index contributed by atoms with van der Waals surface area (Å²) in [5.74, 6) is 0. The summed E-state index contributed by atoms with van der Waals surface area (Å²) in [6.07, 6.45) is -5.95. The van der Waals surface area contributed by atoms with Crippen molar-refractivity contribution in [3.63, 3.8) is 0 Å². The van der Waals surface area contributed by atoms with Crippen LogP contribution in [0.2, 0.25) is 0 Å². The fourth-order valence-electron chi connectivity index (χ4n) is 1.32. The van der Waals surface area contributed by atoms with Crippen LogP contribution in [-0.2, 0) is 4.74 Å². The highest BCUT2D eigenvalue weighted by molar-refractivity contribution is 4.80. The van der Waals surface area contributed by atoms with Crippen molar-refractivity contribution in [3.8, 4) is 0 Å². The monoisotopic (exact) mass is 213 g/mol. The number of β-amino-alcohol motifs (C(OH)–C–C–N with tert-alkyl or cyclic N) is 1. The number of ether oxygens (including phenoxy) is 1. The van der Waals surface area contributed by atoms with E-state index in [9.17, 15) is 18.3 Å². The molecule has 14 heavy (non-hydrogen) atoms. The topological polar surface area (TPSA) is 41.5 Å². The Morgan fingerprint density at radius 2 is 2.07 bits per heavy atom. The van der Waals surface area contributed by atoms with Gasteiger partial charge in [0, 0.05) is 26.1 Å². The molecule has 2 atom stereocenters. The number of halogens is 3. The van der Waals surface area contributed by atoms with Crippen molar-refractivity contribution < 1.29 is 23.0 Å². The molecule has 1 aliphatic rings. The van der Waals surface area contributed by atoms with E-state index in [1.54, 1.807) is 0 Å². The average Bonchev–Trinajstić information content (AvgIpc) is 2.44. The van der Waals surface area contributed by atoms with Gasteiger partial charge in [0.05, 0.1) is 12.2 Å². The summed E-state index contributed by atoms with van der Waals surface area (Å²) in [6, 6.07) is 0. The quantitative estimate of drug-likeness (QED) is 0.675. The van der Waals surface area contributed by atoms with E-state index in [-0.39, 0.29) is 19.1 Å². The van der Waals surface area contributed by atoms with E-state index in [4.69, 9.17) is 4.74 Å². The maximum Gasteiger partial charge on any atom is 0.389 e. The van der Waals surface area contributed by atoms with Gasteiger partial charge in [0.1, 0.15) is 0 Å². The molecule has 0 radical (unpaired) electrons. The zero-order valence-electron chi connectivity index (χ0n) is 7.68. The summed E-state index contributed by atoms with van der Waals surface area (Å²) >= 11 is 0. The number of hydrogen-bond donors (Lipinski definition) is 2. The Balaban J connectivity index is 2.04. The first-order valence-corrected chi connectivity index (χ1v) is 4.56. The van der Waals surface area contributed by atoms with Crippen molar-refractivity contribution in [2.45, 2.75) is 31.2 Å². The van der Waals surface area contributed by atoms with Crippen molar-refractivity contribution in [1.29, 1.82) is 0 Å². The molecule has 6 heteroatoms. The van der Waals surface area contributed by atoms with Crippen LogP contribution < -0.4 is 5.32 Å². The zero-order valence-corrected chi connectivity index (χ0v) is 7.68. The highest BCUT2D eigenvalue weighted by Gasteiger charge is 2.28. The van der Waals surface area contributed by atoms with E-state index in [0.29, 0.717) is 13.1 Å². The van der Waals surface area contributed by atoms with E-state index in [1.165, 1.54) is 0 Å². The molecular formula is C8H14F3NO2. The van der Waals surface area contributed by atoms with Crippen molar-refractivity contribution in [3.05, 3.63) is 0 Å². The number of rotatable bonds is 4. The molecule has 2 unspecified atom stereocenters. The molecule has 1 fully saturated rings. The average molecular weight is 213 g/mol. The lowest BCUT2D eigenvalue weighted by Gasteiger charge is -2.14. The third-order valence-corrected chi connectivity index (χ3v) is 2.06. The van der Waals surface area contributed by atoms with Gasteiger partial charge in [-0.1, -0.05) is 0 Å². The molecule has 1 aliphatic heterocycles. The van der Waals surface area contributed by atoms with Crippen LogP contribution in [0.5, 0.6) is 0 Å². The molecule has 84 valence electrons. The fourth-order valence-corrected chi connectivity index (χ4v) is 1.32. The van der Waals surface area contributed by atoms with Crippen molar-refractivity contribution in [1.82, 2.24) is 5.32 Å². The second kappa shape index (κ2) is 4.95. The molecule has 0 bridgehead atoms. The standard InChI is InChI=1S/C8H14F3NO2/c9-8(10,11)2-1-3-14-7-5-12-4-6(7)13/h6-7,12-13H,1-5H2. The van der Waals surface area contributed by atoms with Gasteiger partial charge in [-0.05, 0) is 6.42 Å². The predicted molar refractivity (Wildman–Crippen MR) is 43.9 cm³/mol. The molecule has 0 aromatic carbocycles. The Morgan fingerprint density at radius 1 is 1.36 bits per heavy atom. The smallest absolute Gasteiger partial charge is 0.389 e. The van der Waals surface area contributed by atoms with Gasteiger partial charge < -0.3 is 15.2 Å². The first kappa shape index (κ1) is 11.7. The third kappa shape index (κ3) is 4.26. The first-order chi connectivity index (χ1) is 6.49. The SMILES string of the molecule is OC1CNCC1OCCCC(F)(F)F. The van der Waals surface area contributed by atoms with Crippen LogP contribution in [-0.4, -0.2) is 43.2 Å². The second-order valence-corrected chi connectivity index (χ2v) is 3.35. The van der Waals surface area contributed by atoms with Crippen LogP contribution in [0.1, 0.15) is 12.8 Å². The normalized spacial score (nSPS) is 28.3. The molecule has 0 aromatic rings. The summed E-state index contributed by atoms with van der Waals surface area (Å²) in [5, 5.41) is 12.1. The largest absolute Gasteiger partial charge is 0.389 e. The van der Waals surface area contributed by atoms with Gasteiger partial charge in [-0.15, -0.1) is 0 Å². The van der Waals surface area contributed by atoms with E-state index in [0.717, 1.165) is 0 Å². The fraction of sp³-hybridized carbons (Fsp3) is 1.00. The van der Waals surface area contributed by atoms with Crippen LogP contribution >= 0.6 is 0 Å². The molecule has 0 aromatic heterocycles. The molecular weight excluding hydrogens is 199 g/mol. The Bertz CT molecular complexity index is 174. The Morgan fingerprint density at radius 3 is 2.57 bits per heavy atom. The Hall–Kier alpha value is -0.330. The van der Waals surface area contributed by atoms with Gasteiger partial charge in [-0.2, -0.15) is 13.2 Å². The van der Waals surface area contributed by atoms with E-state index < -0.39 is 18.7 Å². The molecule has 1 rings (SSSR count). The number of alkyl halides is 3. The Kier molecular flexibility index (Phi) is 4.15. The van der Waals surface area contributed by atoms with Crippen LogP contribution in [0, 0.1) is 0 Å². The highest BCUT2D eigenvalue weighted by Crippen LogP contribution is 2.21. The van der Waals surface area contributed by atoms with Gasteiger partial charge >= 0.3 is 6.18 Å². The predicted octanol–water partition coefficient (Wildman–Crippen LogP) is 0.678. The second-order valence-electron chi connectivity index (χ2n) is 3.35. The van der Waals surface area contributed by atoms with E-state index in [2.05, 4.69) is 5.32 Å². The number of nitrogens with one attached hydrogen (secondary N) is 1. The highest BCUT2D eigenvalue weighted by atomic mass is 19.4. The van der Waals surface area contributed by atoms with E-state index >= 15 is 0 Å². The van der Waals surface area contributed by atoms with Gasteiger partial charge in [-0.3, -0.25) is 0 Å². The summed E-state index contributed by atoms with van der Waals surface area (Å²) in [4.78, 5) is 0. The summed E-state index contributed by atoms with van der Waals surface area (Å²) in [7, 11) is 0. The molecule has 0 spiro atoms. The van der Waals surface area contributed by atoms with Crippen molar-refractivity contribution >= 4 is 0 Å². The molecule has 0 aliphatic carbocycles. The molecule has 0 amide bonds. The van der Waals surface area contributed by atoms with E-state index in [1.807, 2.05) is 0 Å². The lowest BCUT2D eigenvalue weighted by molar-refractivity contribution is -0.139.